The van der Waals surface area contributed by atoms with Gasteiger partial charge in [0.25, 0.3) is 0 Å². The maximum atomic E-state index is 11.8. The van der Waals surface area contributed by atoms with Crippen molar-refractivity contribution in [3.63, 3.8) is 0 Å². The highest BCUT2D eigenvalue weighted by Gasteiger charge is 2.33. The van der Waals surface area contributed by atoms with E-state index in [1.807, 2.05) is 0 Å². The van der Waals surface area contributed by atoms with E-state index in [0.29, 0.717) is 0 Å². The Morgan fingerprint density at radius 1 is 1.09 bits per heavy atom. The Morgan fingerprint density at radius 3 is 1.95 bits per heavy atom. The summed E-state index contributed by atoms with van der Waals surface area (Å²) in [6, 6.07) is -4.66. The van der Waals surface area contributed by atoms with Crippen molar-refractivity contribution in [2.45, 2.75) is 38.8 Å². The SMILES string of the molecule is CC(C)CC(C(=O)O)N([C]=O)C(=O)NC(CC(=O)O)C(=O)O. The van der Waals surface area contributed by atoms with Crippen LogP contribution in [0.5, 0.6) is 0 Å². The highest BCUT2D eigenvalue weighted by molar-refractivity contribution is 5.93. The lowest BCUT2D eigenvalue weighted by molar-refractivity contribution is -0.145. The summed E-state index contributed by atoms with van der Waals surface area (Å²) in [7, 11) is 0. The zero-order chi connectivity index (χ0) is 17.4. The van der Waals surface area contributed by atoms with Crippen LogP contribution in [0.4, 0.5) is 4.79 Å². The van der Waals surface area contributed by atoms with Crippen LogP contribution in [0.3, 0.4) is 0 Å². The molecule has 2 unspecified atom stereocenters. The molecule has 0 aromatic heterocycles. The molecule has 0 bridgehead atoms. The van der Waals surface area contributed by atoms with E-state index in [0.717, 1.165) is 6.41 Å². The second-order valence-electron chi connectivity index (χ2n) is 4.88. The molecular weight excluding hydrogens is 300 g/mol. The van der Waals surface area contributed by atoms with Crippen molar-refractivity contribution < 1.29 is 39.3 Å². The van der Waals surface area contributed by atoms with Crippen LogP contribution in [0.15, 0.2) is 0 Å². The summed E-state index contributed by atoms with van der Waals surface area (Å²) in [4.78, 5) is 55.4. The molecule has 4 N–H and O–H groups in total. The largest absolute Gasteiger partial charge is 0.481 e. The molecule has 0 aliphatic carbocycles. The monoisotopic (exact) mass is 317 g/mol. The van der Waals surface area contributed by atoms with E-state index in [9.17, 15) is 24.0 Å². The normalized spacial score (nSPS) is 13.0. The Morgan fingerprint density at radius 2 is 1.64 bits per heavy atom. The lowest BCUT2D eigenvalue weighted by Crippen LogP contribution is -2.53. The second-order valence-corrected chi connectivity index (χ2v) is 4.88. The van der Waals surface area contributed by atoms with Gasteiger partial charge in [-0.1, -0.05) is 13.8 Å². The molecule has 0 saturated carbocycles. The van der Waals surface area contributed by atoms with Gasteiger partial charge >= 0.3 is 30.3 Å². The number of nitrogens with one attached hydrogen (secondary N) is 1. The number of carbonyl (C=O) groups excluding carboxylic acids is 2. The van der Waals surface area contributed by atoms with Crippen molar-refractivity contribution in [2.75, 3.05) is 0 Å². The number of imide groups is 1. The minimum atomic E-state index is -1.80. The first kappa shape index (κ1) is 19.4. The quantitative estimate of drug-likeness (QED) is 0.413. The summed E-state index contributed by atoms with van der Waals surface area (Å²) < 4.78 is 0. The van der Waals surface area contributed by atoms with Gasteiger partial charge in [0.2, 0.25) is 0 Å². The number of hydrogen-bond donors (Lipinski definition) is 4. The van der Waals surface area contributed by atoms with Crippen LogP contribution in [0.2, 0.25) is 0 Å². The summed E-state index contributed by atoms with van der Waals surface area (Å²) in [6.45, 7) is 3.34. The Bertz CT molecular complexity index is 462. The summed E-state index contributed by atoms with van der Waals surface area (Å²) in [5, 5.41) is 28.2. The molecule has 0 fully saturated rings. The smallest absolute Gasteiger partial charge is 0.327 e. The Balaban J connectivity index is 5.15. The number of aliphatic carboxylic acids is 3. The molecule has 0 aliphatic heterocycles. The van der Waals surface area contributed by atoms with E-state index in [-0.39, 0.29) is 17.2 Å². The number of carbonyl (C=O) groups is 4. The number of amides is 3. The Hall–Kier alpha value is -2.65. The van der Waals surface area contributed by atoms with Crippen LogP contribution in [-0.4, -0.2) is 62.7 Å². The predicted octanol–water partition coefficient (Wildman–Crippen LogP) is -0.508. The zero-order valence-electron chi connectivity index (χ0n) is 12.0. The van der Waals surface area contributed by atoms with Crippen LogP contribution in [0.25, 0.3) is 0 Å². The first-order chi connectivity index (χ1) is 10.1. The van der Waals surface area contributed by atoms with Gasteiger partial charge in [0.05, 0.1) is 6.42 Å². The van der Waals surface area contributed by atoms with Crippen molar-refractivity contribution in [1.29, 1.82) is 0 Å². The van der Waals surface area contributed by atoms with E-state index < -0.39 is 42.4 Å². The van der Waals surface area contributed by atoms with Gasteiger partial charge in [0, 0.05) is 0 Å². The van der Waals surface area contributed by atoms with Gasteiger partial charge in [-0.05, 0) is 12.3 Å². The van der Waals surface area contributed by atoms with Crippen molar-refractivity contribution in [2.24, 2.45) is 5.92 Å². The average molecular weight is 317 g/mol. The van der Waals surface area contributed by atoms with Crippen LogP contribution in [0.1, 0.15) is 26.7 Å². The van der Waals surface area contributed by atoms with Crippen LogP contribution < -0.4 is 5.32 Å². The number of urea groups is 1. The first-order valence-electron chi connectivity index (χ1n) is 6.25. The van der Waals surface area contributed by atoms with E-state index in [4.69, 9.17) is 15.3 Å². The molecule has 22 heavy (non-hydrogen) atoms. The molecule has 2 atom stereocenters. The van der Waals surface area contributed by atoms with Crippen molar-refractivity contribution in [3.8, 4) is 0 Å². The van der Waals surface area contributed by atoms with E-state index in [1.165, 1.54) is 0 Å². The van der Waals surface area contributed by atoms with E-state index in [2.05, 4.69) is 0 Å². The highest BCUT2D eigenvalue weighted by Crippen LogP contribution is 2.11. The number of carboxylic acid groups (broad SMARTS) is 3. The molecule has 123 valence electrons. The fraction of sp³-hybridized carbons (Fsp3) is 0.583. The highest BCUT2D eigenvalue weighted by atomic mass is 16.4. The molecule has 0 spiro atoms. The van der Waals surface area contributed by atoms with Gasteiger partial charge < -0.3 is 20.6 Å². The van der Waals surface area contributed by atoms with Gasteiger partial charge in [-0.2, -0.15) is 0 Å². The maximum Gasteiger partial charge on any atom is 0.327 e. The third kappa shape index (κ3) is 6.20. The molecule has 0 heterocycles. The summed E-state index contributed by atoms with van der Waals surface area (Å²) in [5.74, 6) is -4.74. The molecule has 0 aromatic rings. The third-order valence-corrected chi connectivity index (χ3v) is 2.58. The maximum absolute atomic E-state index is 11.8. The molecule has 0 aromatic carbocycles. The molecule has 0 aliphatic rings. The summed E-state index contributed by atoms with van der Waals surface area (Å²) in [6.07, 6.45) is 0.155. The van der Waals surface area contributed by atoms with Gasteiger partial charge in [0.15, 0.2) is 0 Å². The van der Waals surface area contributed by atoms with Crippen molar-refractivity contribution >= 4 is 30.3 Å². The molecule has 0 saturated heterocycles. The lowest BCUT2D eigenvalue weighted by atomic mass is 10.0. The third-order valence-electron chi connectivity index (χ3n) is 2.58. The van der Waals surface area contributed by atoms with E-state index in [1.54, 1.807) is 19.2 Å². The van der Waals surface area contributed by atoms with Gasteiger partial charge in [-0.15, -0.1) is 0 Å². The number of carboxylic acids is 3. The molecule has 0 rings (SSSR count). The molecule has 10 heteroatoms. The Kier molecular flexibility index (Phi) is 7.56. The van der Waals surface area contributed by atoms with E-state index >= 15 is 0 Å². The van der Waals surface area contributed by atoms with Gasteiger partial charge in [0.1, 0.15) is 12.1 Å². The number of hydrogen-bond acceptors (Lipinski definition) is 5. The summed E-state index contributed by atoms with van der Waals surface area (Å²) >= 11 is 0. The lowest BCUT2D eigenvalue weighted by Gasteiger charge is -2.25. The molecule has 10 nitrogen and oxygen atoms in total. The molecule has 1 radical (unpaired) electrons. The van der Waals surface area contributed by atoms with Gasteiger partial charge in [-0.25, -0.2) is 19.3 Å². The Labute approximate surface area is 125 Å². The topological polar surface area (TPSA) is 161 Å². The van der Waals surface area contributed by atoms with Crippen molar-refractivity contribution in [1.82, 2.24) is 10.2 Å². The zero-order valence-corrected chi connectivity index (χ0v) is 12.0. The minimum Gasteiger partial charge on any atom is -0.481 e. The first-order valence-corrected chi connectivity index (χ1v) is 6.25. The molecular formula is C12H17N2O8. The van der Waals surface area contributed by atoms with Crippen molar-refractivity contribution in [3.05, 3.63) is 0 Å². The van der Waals surface area contributed by atoms with Crippen LogP contribution in [0, 0.1) is 5.92 Å². The van der Waals surface area contributed by atoms with Gasteiger partial charge in [-0.3, -0.25) is 9.59 Å². The summed E-state index contributed by atoms with van der Waals surface area (Å²) in [5.41, 5.74) is 0. The predicted molar refractivity (Wildman–Crippen MR) is 70.6 cm³/mol. The standard InChI is InChI=1S/C12H17N2O8/c1-6(2)3-8(11(20)21)14(5-15)12(22)13-7(10(18)19)4-9(16)17/h6-8H,3-4H2,1-2H3,(H,13,22)(H,16,17)(H,18,19)(H,20,21). The molecule has 3 amide bonds. The fourth-order valence-electron chi connectivity index (χ4n) is 1.60. The second kappa shape index (κ2) is 8.60. The number of nitrogens with zero attached hydrogens (tertiary/aromatic N) is 1. The van der Waals surface area contributed by atoms with Crippen LogP contribution >= 0.6 is 0 Å². The average Bonchev–Trinajstić information content (AvgIpc) is 2.36. The van der Waals surface area contributed by atoms with Crippen LogP contribution in [-0.2, 0) is 19.2 Å². The number of rotatable bonds is 9. The fourth-order valence-corrected chi connectivity index (χ4v) is 1.60. The minimum absolute atomic E-state index is 0.0609.